The molecule has 0 aromatic heterocycles. The van der Waals surface area contributed by atoms with Crippen molar-refractivity contribution >= 4 is 20.1 Å². The van der Waals surface area contributed by atoms with Gasteiger partial charge < -0.3 is 42.3 Å². The zero-order valence-electron chi connectivity index (χ0n) is 34.4. The van der Waals surface area contributed by atoms with Gasteiger partial charge in [-0.2, -0.15) is 0 Å². The van der Waals surface area contributed by atoms with Gasteiger partial charge in [-0.25, -0.2) is 0 Å². The van der Waals surface area contributed by atoms with E-state index in [4.69, 9.17) is 42.3 Å². The predicted molar refractivity (Wildman–Crippen MR) is 218 cm³/mol. The first-order valence-electron chi connectivity index (χ1n) is 21.0. The third-order valence-electron chi connectivity index (χ3n) is 12.9. The molecular formula is C44H66O9SSi. The number of methoxy groups -OCH3 is 1. The molecule has 0 bridgehead atoms. The molecule has 2 aromatic rings. The number of rotatable bonds is 14. The zero-order chi connectivity index (χ0) is 38.7. The first-order valence-corrected chi connectivity index (χ1v) is 24.2. The number of fused-ring (bicyclic) bond motifs is 4. The molecule has 55 heavy (non-hydrogen) atoms. The van der Waals surface area contributed by atoms with Gasteiger partial charge in [-0.3, -0.25) is 0 Å². The minimum atomic E-state index is -2.33. The van der Waals surface area contributed by atoms with E-state index in [2.05, 4.69) is 72.7 Å². The Morgan fingerprint density at radius 2 is 1.45 bits per heavy atom. The van der Waals surface area contributed by atoms with Crippen LogP contribution >= 0.6 is 11.8 Å². The quantitative estimate of drug-likeness (QED) is 0.136. The van der Waals surface area contributed by atoms with Crippen molar-refractivity contribution in [2.75, 3.05) is 26.1 Å². The molecule has 7 rings (SSSR count). The molecule has 11 atom stereocenters. The number of ether oxygens (including phenoxy) is 8. The molecule has 2 aromatic carbocycles. The fourth-order valence-corrected chi connectivity index (χ4v) is 17.3. The maximum atomic E-state index is 7.86. The van der Waals surface area contributed by atoms with Crippen molar-refractivity contribution in [3.05, 3.63) is 65.7 Å². The Hall–Kier alpha value is -1.51. The van der Waals surface area contributed by atoms with Crippen LogP contribution < -0.4 is 4.74 Å². The van der Waals surface area contributed by atoms with Crippen LogP contribution in [0.15, 0.2) is 54.6 Å². The lowest BCUT2D eigenvalue weighted by Crippen LogP contribution is -2.64. The topological polar surface area (TPSA) is 83.1 Å². The van der Waals surface area contributed by atoms with Gasteiger partial charge in [-0.05, 0) is 59.3 Å². The summed E-state index contributed by atoms with van der Waals surface area (Å²) in [7, 11) is -0.657. The molecule has 5 fully saturated rings. The van der Waals surface area contributed by atoms with Gasteiger partial charge in [-0.15, -0.1) is 11.8 Å². The highest BCUT2D eigenvalue weighted by molar-refractivity contribution is 8.00. The van der Waals surface area contributed by atoms with Crippen molar-refractivity contribution in [2.24, 2.45) is 0 Å². The standard InChI is InChI=1S/C44H66O9SSi/c1-9-54-44-41(24-38-36(52-44)20-19-35-40(49-38)27-47-43(51-35)32-15-17-33(45-8)18-16-32)50-37-23-34(21-22-46-26-31-13-11-10-12-14-31)48-39(37)25-42(44)53-55(28(2)3,29(4)5)30(6)7/h10-18,28-30,34-43H,9,19-27H2,1-8H3/t34-,35-,36+,37-,38-,39+,40+,41+,42-,43+,44-/m0/s1. The molecule has 5 aliphatic rings. The smallest absolute Gasteiger partial charge is 0.200 e. The van der Waals surface area contributed by atoms with E-state index in [-0.39, 0.29) is 54.9 Å². The Labute approximate surface area is 335 Å². The van der Waals surface area contributed by atoms with E-state index in [9.17, 15) is 0 Å². The lowest BCUT2D eigenvalue weighted by atomic mass is 9.91. The van der Waals surface area contributed by atoms with E-state index < -0.39 is 19.5 Å². The Balaban J connectivity index is 1.12. The number of thioether (sulfide) groups is 1. The average molecular weight is 799 g/mol. The van der Waals surface area contributed by atoms with E-state index in [0.717, 1.165) is 55.6 Å². The van der Waals surface area contributed by atoms with E-state index in [1.54, 1.807) is 7.11 Å². The second-order valence-electron chi connectivity index (χ2n) is 17.1. The average Bonchev–Trinajstić information content (AvgIpc) is 3.40. The largest absolute Gasteiger partial charge is 0.497 e. The summed E-state index contributed by atoms with van der Waals surface area (Å²) in [5, 5.41) is 0. The molecule has 0 radical (unpaired) electrons. The van der Waals surface area contributed by atoms with Crippen molar-refractivity contribution in [3.63, 3.8) is 0 Å². The SMILES string of the molecule is CCS[C@@]12O[C@@H]3CC[C@@H]4O[C@H](c5ccc(OC)cc5)OC[C@H]4O[C@H]3C[C@H]1O[C@H]1C[C@H](CCOCc3ccccc3)O[C@@H]1C[C@@H]2O[Si](C(C)C)(C(C)C)C(C)C. The molecule has 9 nitrogen and oxygen atoms in total. The van der Waals surface area contributed by atoms with Gasteiger partial charge >= 0.3 is 0 Å². The fourth-order valence-electron chi connectivity index (χ4n) is 10.3. The zero-order valence-corrected chi connectivity index (χ0v) is 36.2. The van der Waals surface area contributed by atoms with Crippen LogP contribution in [0, 0.1) is 0 Å². The van der Waals surface area contributed by atoms with E-state index in [1.165, 1.54) is 5.56 Å². The first-order chi connectivity index (χ1) is 26.6. The molecule has 306 valence electrons. The summed E-state index contributed by atoms with van der Waals surface area (Å²) >= 11 is 1.88. The van der Waals surface area contributed by atoms with Crippen molar-refractivity contribution in [1.29, 1.82) is 0 Å². The van der Waals surface area contributed by atoms with Gasteiger partial charge in [0.2, 0.25) is 8.32 Å². The Bertz CT molecular complexity index is 1470. The van der Waals surface area contributed by atoms with Crippen molar-refractivity contribution in [3.8, 4) is 5.75 Å². The van der Waals surface area contributed by atoms with Gasteiger partial charge in [0.05, 0.1) is 63.1 Å². The van der Waals surface area contributed by atoms with E-state index >= 15 is 0 Å². The third kappa shape index (κ3) is 8.77. The fraction of sp³-hybridized carbons (Fsp3) is 0.727. The molecule has 5 heterocycles. The molecule has 0 N–H and O–H groups in total. The molecule has 0 spiro atoms. The lowest BCUT2D eigenvalue weighted by Gasteiger charge is -2.54. The van der Waals surface area contributed by atoms with Crippen LogP contribution in [0.25, 0.3) is 0 Å². The molecule has 11 heteroatoms. The minimum Gasteiger partial charge on any atom is -0.497 e. The Morgan fingerprint density at radius 3 is 2.15 bits per heavy atom. The van der Waals surface area contributed by atoms with Crippen LogP contribution in [0.4, 0.5) is 0 Å². The summed E-state index contributed by atoms with van der Waals surface area (Å²) in [6.45, 7) is 18.2. The van der Waals surface area contributed by atoms with Gasteiger partial charge in [0.1, 0.15) is 18.0 Å². The molecular weight excluding hydrogens is 733 g/mol. The van der Waals surface area contributed by atoms with Crippen LogP contribution in [0.5, 0.6) is 5.75 Å². The molecule has 0 amide bonds. The maximum Gasteiger partial charge on any atom is 0.200 e. The van der Waals surface area contributed by atoms with Crippen LogP contribution in [-0.2, 0) is 44.2 Å². The third-order valence-corrected chi connectivity index (χ3v) is 20.3. The van der Waals surface area contributed by atoms with E-state index in [1.807, 2.05) is 42.1 Å². The van der Waals surface area contributed by atoms with Crippen LogP contribution in [0.1, 0.15) is 104 Å². The highest BCUT2D eigenvalue weighted by Gasteiger charge is 2.63. The molecule has 0 saturated carbocycles. The Morgan fingerprint density at radius 1 is 0.764 bits per heavy atom. The highest BCUT2D eigenvalue weighted by atomic mass is 32.2. The molecule has 0 unspecified atom stereocenters. The Kier molecular flexibility index (Phi) is 13.8. The molecule has 0 aliphatic carbocycles. The normalized spacial score (nSPS) is 35.1. The number of benzene rings is 2. The number of hydrogen-bond donors (Lipinski definition) is 0. The predicted octanol–water partition coefficient (Wildman–Crippen LogP) is 9.38. The lowest BCUT2D eigenvalue weighted by molar-refractivity contribution is -0.284. The summed E-state index contributed by atoms with van der Waals surface area (Å²) in [5.74, 6) is 1.70. The summed E-state index contributed by atoms with van der Waals surface area (Å²) in [4.78, 5) is -0.684. The van der Waals surface area contributed by atoms with Crippen LogP contribution in [-0.4, -0.2) is 94.3 Å². The van der Waals surface area contributed by atoms with Gasteiger partial charge in [0.15, 0.2) is 11.2 Å². The van der Waals surface area contributed by atoms with Crippen molar-refractivity contribution in [2.45, 2.75) is 176 Å². The monoisotopic (exact) mass is 798 g/mol. The molecule has 5 saturated heterocycles. The summed E-state index contributed by atoms with van der Waals surface area (Å²) in [6, 6.07) is 18.3. The van der Waals surface area contributed by atoms with Gasteiger partial charge in [-0.1, -0.05) is 90.9 Å². The van der Waals surface area contributed by atoms with E-state index in [0.29, 0.717) is 36.4 Å². The van der Waals surface area contributed by atoms with Gasteiger partial charge in [0, 0.05) is 31.4 Å². The second kappa shape index (κ2) is 18.2. The van der Waals surface area contributed by atoms with Crippen LogP contribution in [0.2, 0.25) is 16.6 Å². The summed E-state index contributed by atoms with van der Waals surface area (Å²) < 4.78 is 61.0. The van der Waals surface area contributed by atoms with Crippen molar-refractivity contribution in [1.82, 2.24) is 0 Å². The van der Waals surface area contributed by atoms with Crippen LogP contribution in [0.3, 0.4) is 0 Å². The van der Waals surface area contributed by atoms with Crippen molar-refractivity contribution < 1.29 is 42.3 Å². The maximum absolute atomic E-state index is 7.86. The minimum absolute atomic E-state index is 0.0481. The molecule has 5 aliphatic heterocycles. The summed E-state index contributed by atoms with van der Waals surface area (Å²) in [6.07, 6.45) is 3.40. The number of hydrogen-bond acceptors (Lipinski definition) is 10. The summed E-state index contributed by atoms with van der Waals surface area (Å²) in [5.41, 5.74) is 3.47. The highest BCUT2D eigenvalue weighted by Crippen LogP contribution is 2.54. The first kappa shape index (κ1) is 41.6. The second-order valence-corrected chi connectivity index (χ2v) is 24.0. The van der Waals surface area contributed by atoms with Gasteiger partial charge in [0.25, 0.3) is 0 Å².